The molecule has 0 radical (unpaired) electrons. The Morgan fingerprint density at radius 1 is 1.25 bits per heavy atom. The van der Waals surface area contributed by atoms with Crippen LogP contribution >= 0.6 is 0 Å². The maximum absolute atomic E-state index is 13.5. The first-order valence-corrected chi connectivity index (χ1v) is 7.64. The van der Waals surface area contributed by atoms with Crippen LogP contribution in [0.25, 0.3) is 10.9 Å². The summed E-state index contributed by atoms with van der Waals surface area (Å²) >= 11 is 0. The first-order valence-electron chi connectivity index (χ1n) is 7.64. The number of aromatic nitrogens is 2. The molecule has 2 N–H and O–H groups in total. The molecule has 2 aromatic carbocycles. The van der Waals surface area contributed by atoms with Crippen molar-refractivity contribution in [1.29, 1.82) is 10.8 Å². The van der Waals surface area contributed by atoms with Gasteiger partial charge in [-0.3, -0.25) is 15.4 Å². The SMILES string of the molecule is CCc1ccc2c(N(C)c3cccc(F)c3)nc(=N)n(C=N)c2c1. The van der Waals surface area contributed by atoms with Gasteiger partial charge in [-0.05, 0) is 42.3 Å². The molecule has 0 aliphatic carbocycles. The zero-order chi connectivity index (χ0) is 17.3. The summed E-state index contributed by atoms with van der Waals surface area (Å²) in [6.07, 6.45) is 1.95. The van der Waals surface area contributed by atoms with Crippen molar-refractivity contribution in [3.8, 4) is 0 Å². The molecule has 0 fully saturated rings. The van der Waals surface area contributed by atoms with Crippen molar-refractivity contribution in [2.75, 3.05) is 11.9 Å². The summed E-state index contributed by atoms with van der Waals surface area (Å²) in [5.41, 5.74) is 2.46. The molecule has 0 unspecified atom stereocenters. The highest BCUT2D eigenvalue weighted by molar-refractivity contribution is 5.94. The van der Waals surface area contributed by atoms with E-state index in [1.807, 2.05) is 18.2 Å². The summed E-state index contributed by atoms with van der Waals surface area (Å²) < 4.78 is 15.0. The van der Waals surface area contributed by atoms with E-state index in [1.54, 1.807) is 24.1 Å². The lowest BCUT2D eigenvalue weighted by molar-refractivity contribution is 0.628. The van der Waals surface area contributed by atoms with Gasteiger partial charge in [0.25, 0.3) is 0 Å². The summed E-state index contributed by atoms with van der Waals surface area (Å²) in [5.74, 6) is 0.231. The second-order valence-corrected chi connectivity index (χ2v) is 5.50. The fourth-order valence-electron chi connectivity index (χ4n) is 2.71. The molecular weight excluding hydrogens is 305 g/mol. The molecule has 0 aliphatic heterocycles. The molecule has 5 nitrogen and oxygen atoms in total. The van der Waals surface area contributed by atoms with Crippen LogP contribution < -0.4 is 10.5 Å². The summed E-state index contributed by atoms with van der Waals surface area (Å²) in [6.45, 7) is 2.05. The van der Waals surface area contributed by atoms with Gasteiger partial charge < -0.3 is 4.90 Å². The van der Waals surface area contributed by atoms with Gasteiger partial charge in [0.2, 0.25) is 5.62 Å². The van der Waals surface area contributed by atoms with Crippen LogP contribution in [0.15, 0.2) is 42.5 Å². The number of fused-ring (bicyclic) bond motifs is 1. The Balaban J connectivity index is 2.28. The number of hydrogen-bond acceptors (Lipinski definition) is 4. The number of hydrogen-bond donors (Lipinski definition) is 2. The second kappa shape index (κ2) is 6.23. The van der Waals surface area contributed by atoms with Crippen molar-refractivity contribution in [3.63, 3.8) is 0 Å². The van der Waals surface area contributed by atoms with Gasteiger partial charge in [0, 0.05) is 18.1 Å². The van der Waals surface area contributed by atoms with Crippen molar-refractivity contribution >= 4 is 28.7 Å². The Bertz CT molecular complexity index is 977. The molecule has 1 aromatic heterocycles. The Morgan fingerprint density at radius 3 is 2.71 bits per heavy atom. The topological polar surface area (TPSA) is 68.8 Å². The molecule has 0 amide bonds. The monoisotopic (exact) mass is 323 g/mol. The van der Waals surface area contributed by atoms with Crippen LogP contribution in [0.4, 0.5) is 15.9 Å². The molecule has 3 rings (SSSR count). The van der Waals surface area contributed by atoms with E-state index in [-0.39, 0.29) is 11.4 Å². The van der Waals surface area contributed by atoms with E-state index in [2.05, 4.69) is 11.9 Å². The average Bonchev–Trinajstić information content (AvgIpc) is 2.60. The van der Waals surface area contributed by atoms with Gasteiger partial charge in [-0.1, -0.05) is 19.1 Å². The lowest BCUT2D eigenvalue weighted by Crippen LogP contribution is -2.26. The van der Waals surface area contributed by atoms with E-state index in [0.29, 0.717) is 11.5 Å². The maximum atomic E-state index is 13.5. The third kappa shape index (κ3) is 2.67. The molecule has 0 saturated carbocycles. The second-order valence-electron chi connectivity index (χ2n) is 5.50. The molecule has 6 heteroatoms. The first-order chi connectivity index (χ1) is 11.5. The van der Waals surface area contributed by atoms with Gasteiger partial charge >= 0.3 is 0 Å². The molecule has 24 heavy (non-hydrogen) atoms. The van der Waals surface area contributed by atoms with Crippen molar-refractivity contribution < 1.29 is 4.39 Å². The molecule has 0 saturated heterocycles. The number of nitrogens with zero attached hydrogens (tertiary/aromatic N) is 3. The van der Waals surface area contributed by atoms with Gasteiger partial charge in [-0.2, -0.15) is 4.98 Å². The van der Waals surface area contributed by atoms with E-state index in [1.165, 1.54) is 16.7 Å². The van der Waals surface area contributed by atoms with Crippen molar-refractivity contribution in [3.05, 3.63) is 59.5 Å². The number of anilines is 2. The van der Waals surface area contributed by atoms with Gasteiger partial charge in [0.1, 0.15) is 11.6 Å². The fourth-order valence-corrected chi connectivity index (χ4v) is 2.71. The molecule has 1 heterocycles. The summed E-state index contributed by atoms with van der Waals surface area (Å²) in [6, 6.07) is 12.1. The van der Waals surface area contributed by atoms with Crippen LogP contribution in [0.3, 0.4) is 0 Å². The number of rotatable bonds is 4. The van der Waals surface area contributed by atoms with Crippen LogP contribution in [0, 0.1) is 16.6 Å². The smallest absolute Gasteiger partial charge is 0.229 e. The molecule has 122 valence electrons. The molecule has 0 atom stereocenters. The van der Waals surface area contributed by atoms with Crippen LogP contribution in [0.1, 0.15) is 12.5 Å². The van der Waals surface area contributed by atoms with Crippen molar-refractivity contribution in [1.82, 2.24) is 9.55 Å². The zero-order valence-electron chi connectivity index (χ0n) is 13.5. The zero-order valence-corrected chi connectivity index (χ0v) is 13.5. The van der Waals surface area contributed by atoms with E-state index < -0.39 is 0 Å². The Labute approximate surface area is 139 Å². The lowest BCUT2D eigenvalue weighted by Gasteiger charge is -2.21. The van der Waals surface area contributed by atoms with Crippen molar-refractivity contribution in [2.24, 2.45) is 0 Å². The highest BCUT2D eigenvalue weighted by Crippen LogP contribution is 2.28. The fraction of sp³-hybridized carbons (Fsp3) is 0.167. The summed E-state index contributed by atoms with van der Waals surface area (Å²) in [4.78, 5) is 6.07. The van der Waals surface area contributed by atoms with Crippen LogP contribution in [0.5, 0.6) is 0 Å². The standard InChI is InChI=1S/C18H18FN5/c1-3-12-7-8-15-16(9-12)24(11-20)18(21)22-17(15)23(2)14-6-4-5-13(19)10-14/h4-11,20-21H,3H2,1-2H3. The van der Waals surface area contributed by atoms with E-state index in [4.69, 9.17) is 10.8 Å². The largest absolute Gasteiger partial charge is 0.329 e. The predicted octanol–water partition coefficient (Wildman–Crippen LogP) is 3.44. The minimum atomic E-state index is -0.325. The molecular formula is C18H18FN5. The average molecular weight is 323 g/mol. The van der Waals surface area contributed by atoms with Crippen LogP contribution in [-0.4, -0.2) is 22.9 Å². The van der Waals surface area contributed by atoms with Crippen LogP contribution in [-0.2, 0) is 6.42 Å². The third-order valence-corrected chi connectivity index (χ3v) is 4.05. The van der Waals surface area contributed by atoms with E-state index >= 15 is 0 Å². The first kappa shape index (κ1) is 15.9. The number of benzene rings is 2. The number of halogens is 1. The predicted molar refractivity (Wildman–Crippen MR) is 93.6 cm³/mol. The van der Waals surface area contributed by atoms with Gasteiger partial charge in [0.05, 0.1) is 11.9 Å². The van der Waals surface area contributed by atoms with Gasteiger partial charge in [0.15, 0.2) is 0 Å². The third-order valence-electron chi connectivity index (χ3n) is 4.05. The van der Waals surface area contributed by atoms with Crippen molar-refractivity contribution in [2.45, 2.75) is 13.3 Å². The quantitative estimate of drug-likeness (QED) is 0.570. The Hall–Kier alpha value is -3.02. The van der Waals surface area contributed by atoms with E-state index in [9.17, 15) is 4.39 Å². The minimum absolute atomic E-state index is 0.0380. The lowest BCUT2D eigenvalue weighted by atomic mass is 10.1. The van der Waals surface area contributed by atoms with Gasteiger partial charge in [-0.15, -0.1) is 0 Å². The Kier molecular flexibility index (Phi) is 4.12. The normalized spacial score (nSPS) is 10.8. The molecule has 0 bridgehead atoms. The van der Waals surface area contributed by atoms with Crippen LogP contribution in [0.2, 0.25) is 0 Å². The minimum Gasteiger partial charge on any atom is -0.329 e. The molecule has 0 aliphatic rings. The Morgan fingerprint density at radius 2 is 2.04 bits per heavy atom. The number of aryl methyl sites for hydroxylation is 1. The summed E-state index contributed by atoms with van der Waals surface area (Å²) in [5, 5.41) is 16.5. The summed E-state index contributed by atoms with van der Waals surface area (Å²) in [7, 11) is 1.79. The van der Waals surface area contributed by atoms with E-state index in [0.717, 1.165) is 29.2 Å². The molecule has 3 aromatic rings. The van der Waals surface area contributed by atoms with Gasteiger partial charge in [-0.25, -0.2) is 4.39 Å². The molecule has 0 spiro atoms. The maximum Gasteiger partial charge on any atom is 0.229 e. The number of nitrogens with one attached hydrogen (secondary N) is 2. The highest BCUT2D eigenvalue weighted by Gasteiger charge is 2.14. The highest BCUT2D eigenvalue weighted by atomic mass is 19.1.